The number of hydrogen-bond acceptors (Lipinski definition) is 43. The van der Waals surface area contributed by atoms with E-state index >= 15 is 0 Å². The standard InChI is InChI=1S/2C9H18O2.3H2O3.15H2O2/c2*1-6(2)3-8-7(5-10)4-9(8)11;3*1-3-2;15*1-2/h2*6-11H,3-5H2,1-2H3;3*1-2H;15*1-2H. The Morgan fingerprint density at radius 2 is 0.443 bits per heavy atom. The molecule has 0 aromatic carbocycles. The van der Waals surface area contributed by atoms with E-state index in [1.165, 1.54) is 0 Å². The van der Waals surface area contributed by atoms with Crippen molar-refractivity contribution in [1.29, 1.82) is 0 Å². The predicted molar refractivity (Wildman–Crippen MR) is 186 cm³/mol. The predicted octanol–water partition coefficient (Wildman–Crippen LogP) is 2.15. The lowest BCUT2D eigenvalue weighted by Crippen LogP contribution is -2.43. The number of aliphatic hydroxyl groups is 4. The van der Waals surface area contributed by atoms with Gasteiger partial charge in [-0.1, -0.05) is 42.8 Å². The van der Waals surface area contributed by atoms with Crippen LogP contribution in [0.1, 0.15) is 53.4 Å². The fourth-order valence-corrected chi connectivity index (χ4v) is 3.76. The molecule has 0 bridgehead atoms. The van der Waals surface area contributed by atoms with E-state index in [0.717, 1.165) is 25.7 Å². The Hall–Kier alpha value is -1.72. The average molecular weight is 977 g/mol. The number of rotatable bonds is 6. The van der Waals surface area contributed by atoms with Crippen LogP contribution < -0.4 is 0 Å². The number of hydrogen-bond donors (Lipinski definition) is 40. The van der Waals surface area contributed by atoms with Crippen LogP contribution in [0.2, 0.25) is 0 Å². The lowest BCUT2D eigenvalue weighted by molar-refractivity contribution is -0.465. The summed E-state index contributed by atoms with van der Waals surface area (Å²) >= 11 is 0. The van der Waals surface area contributed by atoms with Gasteiger partial charge in [-0.3, -0.25) is 158 Å². The second kappa shape index (κ2) is 195. The van der Waals surface area contributed by atoms with Gasteiger partial charge >= 0.3 is 0 Å². The van der Waals surface area contributed by atoms with Crippen LogP contribution >= 0.6 is 0 Å². The van der Waals surface area contributed by atoms with Gasteiger partial charge in [0, 0.05) is 13.2 Å². The van der Waals surface area contributed by atoms with E-state index in [4.69, 9.17) is 199 Å². The third-order valence-corrected chi connectivity index (χ3v) is 5.24. The molecular weight excluding hydrogens is 904 g/mol. The molecule has 402 valence electrons. The summed E-state index contributed by atoms with van der Waals surface area (Å²) in [5, 5.41) is 263. The molecule has 0 aliphatic heterocycles. The van der Waals surface area contributed by atoms with Crippen LogP contribution in [0.3, 0.4) is 0 Å². The lowest BCUT2D eigenvalue weighted by Gasteiger charge is -2.41. The van der Waals surface area contributed by atoms with Crippen LogP contribution in [0.15, 0.2) is 0 Å². The van der Waals surface area contributed by atoms with Crippen molar-refractivity contribution in [3.05, 3.63) is 0 Å². The van der Waals surface area contributed by atoms with E-state index in [9.17, 15) is 10.2 Å². The van der Waals surface area contributed by atoms with Crippen molar-refractivity contribution in [2.75, 3.05) is 13.2 Å². The molecular formula is C18H72O43. The molecule has 2 rings (SSSR count). The molecule has 0 saturated heterocycles. The third-order valence-electron chi connectivity index (χ3n) is 5.24. The molecule has 0 aromatic rings. The van der Waals surface area contributed by atoms with Crippen LogP contribution in [-0.4, -0.2) is 235 Å². The van der Waals surface area contributed by atoms with Gasteiger partial charge in [0.2, 0.25) is 0 Å². The largest absolute Gasteiger partial charge is 0.396 e. The normalized spacial score (nSPS) is 15.8. The summed E-state index contributed by atoms with van der Waals surface area (Å²) in [5.41, 5.74) is 0. The van der Waals surface area contributed by atoms with Gasteiger partial charge in [-0.2, -0.15) is 0 Å². The molecule has 0 spiro atoms. The first-order valence-corrected chi connectivity index (χ1v) is 13.0. The minimum atomic E-state index is -0.144. The highest BCUT2D eigenvalue weighted by Crippen LogP contribution is 2.39. The van der Waals surface area contributed by atoms with Crippen molar-refractivity contribution < 1.29 is 225 Å². The topological polar surface area (TPSA) is 837 Å². The molecule has 0 amide bonds. The lowest BCUT2D eigenvalue weighted by atomic mass is 9.68. The molecule has 2 fully saturated rings. The zero-order chi connectivity index (χ0) is 55.0. The highest BCUT2D eigenvalue weighted by atomic mass is 17.4. The van der Waals surface area contributed by atoms with Crippen LogP contribution in [-0.2, 0) is 15.1 Å². The number of aliphatic hydroxyl groups excluding tert-OH is 4. The molecule has 2 saturated carbocycles. The van der Waals surface area contributed by atoms with E-state index in [2.05, 4.69) is 42.8 Å². The summed E-state index contributed by atoms with van der Waals surface area (Å²) in [6, 6.07) is 0. The molecule has 0 heterocycles. The van der Waals surface area contributed by atoms with Gasteiger partial charge in [0.1, 0.15) is 0 Å². The zero-order valence-corrected chi connectivity index (χ0v) is 32.0. The van der Waals surface area contributed by atoms with Gasteiger partial charge in [0.25, 0.3) is 0 Å². The highest BCUT2D eigenvalue weighted by molar-refractivity contribution is 4.89. The van der Waals surface area contributed by atoms with Crippen molar-refractivity contribution in [3.8, 4) is 0 Å². The smallest absolute Gasteiger partial charge is 0.0575 e. The van der Waals surface area contributed by atoms with Crippen molar-refractivity contribution in [2.45, 2.75) is 65.6 Å². The maximum absolute atomic E-state index is 9.35. The molecule has 43 nitrogen and oxygen atoms in total. The van der Waals surface area contributed by atoms with Crippen molar-refractivity contribution in [2.24, 2.45) is 35.5 Å². The second-order valence-corrected chi connectivity index (χ2v) is 8.32. The monoisotopic (exact) mass is 976 g/mol. The summed E-state index contributed by atoms with van der Waals surface area (Å²) in [6.07, 6.45) is 3.41. The molecule has 61 heavy (non-hydrogen) atoms. The van der Waals surface area contributed by atoms with Crippen LogP contribution in [0, 0.1) is 35.5 Å². The molecule has 6 unspecified atom stereocenters. The minimum Gasteiger partial charge on any atom is -0.396 e. The molecule has 43 heteroatoms. The van der Waals surface area contributed by atoms with E-state index < -0.39 is 0 Å². The fourth-order valence-electron chi connectivity index (χ4n) is 3.76. The summed E-state index contributed by atoms with van der Waals surface area (Å²) in [6.45, 7) is 9.10. The molecule has 6 atom stereocenters. The molecule has 0 aromatic heterocycles. The third kappa shape index (κ3) is 157. The van der Waals surface area contributed by atoms with Crippen molar-refractivity contribution in [1.82, 2.24) is 0 Å². The Kier molecular flexibility index (Phi) is 379. The van der Waals surface area contributed by atoms with E-state index in [1.54, 1.807) is 0 Å². The maximum atomic E-state index is 9.35. The molecule has 0 radical (unpaired) electrons. The minimum absolute atomic E-state index is 0.144. The van der Waals surface area contributed by atoms with Crippen LogP contribution in [0.25, 0.3) is 0 Å². The van der Waals surface area contributed by atoms with Gasteiger partial charge in [0.05, 0.1) is 12.2 Å². The Morgan fingerprint density at radius 1 is 0.328 bits per heavy atom. The molecule has 2 aliphatic rings. The quantitative estimate of drug-likeness (QED) is 0.134. The highest BCUT2D eigenvalue weighted by Gasteiger charge is 2.39. The second-order valence-electron chi connectivity index (χ2n) is 8.32. The first-order valence-electron chi connectivity index (χ1n) is 13.0. The van der Waals surface area contributed by atoms with Gasteiger partial charge in [-0.05, 0) is 61.2 Å². The average Bonchev–Trinajstić information content (AvgIpc) is 3.36. The SMILES string of the molecule is CC(C)CC1C(O)CC1CO.CC(C)CC1C(O)CC1CO.OO.OO.OO.OO.OO.OO.OO.OO.OO.OO.OO.OO.OO.OO.OO.OOO.OOO.OOO. The summed E-state index contributed by atoms with van der Waals surface area (Å²) in [7, 11) is 0. The summed E-state index contributed by atoms with van der Waals surface area (Å²) < 4.78 is 0. The van der Waals surface area contributed by atoms with E-state index in [1.807, 2.05) is 0 Å². The zero-order valence-electron chi connectivity index (χ0n) is 32.0. The Labute approximate surface area is 340 Å². The molecule has 2 aliphatic carbocycles. The van der Waals surface area contributed by atoms with Gasteiger partial charge < -0.3 is 20.4 Å². The first-order chi connectivity index (χ1) is 29.5. The van der Waals surface area contributed by atoms with Crippen LogP contribution in [0.5, 0.6) is 0 Å². The van der Waals surface area contributed by atoms with Gasteiger partial charge in [-0.15, -0.1) is 0 Å². The van der Waals surface area contributed by atoms with E-state index in [0.29, 0.717) is 35.5 Å². The van der Waals surface area contributed by atoms with Gasteiger partial charge in [0.15, 0.2) is 0 Å². The Bertz CT molecular complexity index is 348. The first kappa shape index (κ1) is 118. The summed E-state index contributed by atoms with van der Waals surface area (Å²) in [4.78, 5) is 0. The van der Waals surface area contributed by atoms with E-state index in [-0.39, 0.29) is 25.4 Å². The van der Waals surface area contributed by atoms with Crippen LogP contribution in [0.4, 0.5) is 0 Å². The Morgan fingerprint density at radius 3 is 0.508 bits per heavy atom. The van der Waals surface area contributed by atoms with Crippen molar-refractivity contribution >= 4 is 0 Å². The maximum Gasteiger partial charge on any atom is 0.0575 e. The summed E-state index contributed by atoms with van der Waals surface area (Å²) in [5.74, 6) is 2.72. The van der Waals surface area contributed by atoms with Gasteiger partial charge in [-0.25, -0.2) is 31.5 Å². The molecule has 40 N–H and O–H groups in total. The Balaban J connectivity index is -0.0000000214. The fraction of sp³-hybridized carbons (Fsp3) is 1.00. The van der Waals surface area contributed by atoms with Crippen molar-refractivity contribution in [3.63, 3.8) is 0 Å².